The van der Waals surface area contributed by atoms with Gasteiger partial charge in [0.25, 0.3) is 5.91 Å². The summed E-state index contributed by atoms with van der Waals surface area (Å²) in [5.74, 6) is -2.82. The minimum atomic E-state index is -4.71. The summed E-state index contributed by atoms with van der Waals surface area (Å²) in [5, 5.41) is 22.0. The highest BCUT2D eigenvalue weighted by molar-refractivity contribution is 5.84. The fourth-order valence-electron chi connectivity index (χ4n) is 3.86. The molecule has 0 unspecified atom stereocenters. The number of hydrogen-bond acceptors (Lipinski definition) is 4. The number of hydrogen-bond donors (Lipinski definition) is 2. The molecule has 160 valence electrons. The molecule has 0 aliphatic carbocycles. The summed E-state index contributed by atoms with van der Waals surface area (Å²) in [6.07, 6.45) is 1.66. The number of rotatable bonds is 3. The monoisotopic (exact) mass is 437 g/mol. The van der Waals surface area contributed by atoms with Crippen LogP contribution >= 0.6 is 0 Å². The van der Waals surface area contributed by atoms with E-state index in [1.807, 2.05) is 0 Å². The topological polar surface area (TPSA) is 89.9 Å². The second-order valence-electron chi connectivity index (χ2n) is 7.14. The van der Waals surface area contributed by atoms with Gasteiger partial charge in [0.15, 0.2) is 12.4 Å². The number of nitriles is 1. The first-order chi connectivity index (χ1) is 15.3. The smallest absolute Gasteiger partial charge is 0.416 e. The fourth-order valence-corrected chi connectivity index (χ4v) is 3.86. The Hall–Kier alpha value is -4.19. The van der Waals surface area contributed by atoms with Crippen LogP contribution in [0.5, 0.6) is 0 Å². The predicted molar refractivity (Wildman–Crippen MR) is 107 cm³/mol. The lowest BCUT2D eigenvalue weighted by Crippen LogP contribution is -2.54. The Kier molecular flexibility index (Phi) is 5.36. The van der Waals surface area contributed by atoms with E-state index in [1.54, 1.807) is 55.1 Å². The number of pyridine rings is 2. The van der Waals surface area contributed by atoms with E-state index in [-0.39, 0.29) is 11.1 Å². The number of aromatic nitrogens is 2. The van der Waals surface area contributed by atoms with Gasteiger partial charge in [-0.15, -0.1) is 0 Å². The van der Waals surface area contributed by atoms with E-state index in [0.29, 0.717) is 0 Å². The van der Waals surface area contributed by atoms with Crippen LogP contribution in [-0.4, -0.2) is 16.0 Å². The van der Waals surface area contributed by atoms with E-state index in [1.165, 1.54) is 22.8 Å². The van der Waals surface area contributed by atoms with E-state index in [9.17, 15) is 28.3 Å². The molecule has 1 aromatic carbocycles. The van der Waals surface area contributed by atoms with Gasteiger partial charge in [0.1, 0.15) is 11.6 Å². The molecule has 9 heteroatoms. The molecule has 2 atom stereocenters. The molecular formula is C23H16F3N4O2+. The Balaban J connectivity index is 1.86. The van der Waals surface area contributed by atoms with Crippen LogP contribution in [0.3, 0.4) is 0 Å². The number of allylic oxidation sites excluding steroid dienone is 1. The maximum Gasteiger partial charge on any atom is 0.416 e. The molecule has 2 N–H and O–H groups in total. The standard InChI is InChI=1S/C23H15F3N4O2/c24-23(25,26)18-4-2-1-3-16(18)19-17(13-27)21(31)29-22(32)20(19)30-11-7-15(8-12-30)14-5-9-28-10-6-14/h1-12,19-20H,(H-,29,31,32)/p+1/t19-,20-/m0/s1. The molecule has 4 rings (SSSR count). The molecule has 6 nitrogen and oxygen atoms in total. The van der Waals surface area contributed by atoms with Crippen LogP contribution in [0.1, 0.15) is 23.1 Å². The van der Waals surface area contributed by atoms with Crippen LogP contribution in [0.15, 0.2) is 84.8 Å². The van der Waals surface area contributed by atoms with E-state index in [4.69, 9.17) is 0 Å². The lowest BCUT2D eigenvalue weighted by atomic mass is 9.80. The molecule has 1 aliphatic rings. The summed E-state index contributed by atoms with van der Waals surface area (Å²) in [6, 6.07) is 12.3. The minimum absolute atomic E-state index is 0.270. The van der Waals surface area contributed by atoms with Crippen molar-refractivity contribution in [2.75, 3.05) is 0 Å². The Morgan fingerprint density at radius 1 is 1.03 bits per heavy atom. The third-order valence-corrected chi connectivity index (χ3v) is 5.30. The molecule has 0 radical (unpaired) electrons. The number of amides is 1. The van der Waals surface area contributed by atoms with E-state index in [2.05, 4.69) is 10.3 Å². The largest absolute Gasteiger partial charge is 0.494 e. The molecular weight excluding hydrogens is 421 g/mol. The van der Waals surface area contributed by atoms with Crippen molar-refractivity contribution in [2.45, 2.75) is 18.1 Å². The number of carbonyl (C=O) groups excluding carboxylic acids is 1. The third kappa shape index (κ3) is 3.78. The van der Waals surface area contributed by atoms with Crippen LogP contribution in [-0.2, 0) is 11.0 Å². The maximum atomic E-state index is 13.7. The Morgan fingerprint density at radius 3 is 2.28 bits per heavy atom. The highest BCUT2D eigenvalue weighted by Gasteiger charge is 2.48. The summed E-state index contributed by atoms with van der Waals surface area (Å²) in [6.45, 7) is 0. The van der Waals surface area contributed by atoms with Crippen LogP contribution in [0.4, 0.5) is 13.2 Å². The summed E-state index contributed by atoms with van der Waals surface area (Å²) < 4.78 is 42.6. The zero-order chi connectivity index (χ0) is 22.9. The van der Waals surface area contributed by atoms with Gasteiger partial charge in [-0.2, -0.15) is 23.0 Å². The van der Waals surface area contributed by atoms with E-state index in [0.717, 1.165) is 17.2 Å². The molecule has 0 saturated heterocycles. The molecule has 0 fully saturated rings. The lowest BCUT2D eigenvalue weighted by Gasteiger charge is -2.28. The van der Waals surface area contributed by atoms with Gasteiger partial charge < -0.3 is 5.11 Å². The van der Waals surface area contributed by atoms with Crippen LogP contribution < -0.4 is 9.88 Å². The maximum absolute atomic E-state index is 13.7. The second-order valence-corrected chi connectivity index (χ2v) is 7.14. The van der Waals surface area contributed by atoms with Crippen molar-refractivity contribution in [2.24, 2.45) is 0 Å². The van der Waals surface area contributed by atoms with Crippen LogP contribution in [0.2, 0.25) is 0 Å². The van der Waals surface area contributed by atoms with Crippen LogP contribution in [0.25, 0.3) is 11.1 Å². The van der Waals surface area contributed by atoms with E-state index < -0.39 is 35.5 Å². The molecule has 2 aromatic heterocycles. The average Bonchev–Trinajstić information content (AvgIpc) is 2.79. The molecule has 0 bridgehead atoms. The van der Waals surface area contributed by atoms with Crippen molar-refractivity contribution in [3.63, 3.8) is 0 Å². The number of nitrogens with zero attached hydrogens (tertiary/aromatic N) is 3. The van der Waals surface area contributed by atoms with Gasteiger partial charge in [-0.3, -0.25) is 15.1 Å². The Labute approximate surface area is 180 Å². The van der Waals surface area contributed by atoms with Crippen LogP contribution in [0, 0.1) is 11.3 Å². The van der Waals surface area contributed by atoms with Crippen molar-refractivity contribution < 1.29 is 27.6 Å². The normalized spacial score (nSPS) is 18.8. The highest BCUT2D eigenvalue weighted by atomic mass is 19.4. The fraction of sp³-hybridized carbons (Fsp3) is 0.130. The number of aliphatic hydroxyl groups excluding tert-OH is 1. The molecule has 1 aliphatic heterocycles. The van der Waals surface area contributed by atoms with Gasteiger partial charge in [-0.1, -0.05) is 18.2 Å². The zero-order valence-corrected chi connectivity index (χ0v) is 16.4. The van der Waals surface area contributed by atoms with Crippen molar-refractivity contribution in [3.8, 4) is 17.2 Å². The van der Waals surface area contributed by atoms with Crippen molar-refractivity contribution in [1.82, 2.24) is 10.3 Å². The first kappa shape index (κ1) is 21.1. The lowest BCUT2D eigenvalue weighted by molar-refractivity contribution is -0.711. The van der Waals surface area contributed by atoms with Gasteiger partial charge in [-0.25, -0.2) is 0 Å². The predicted octanol–water partition coefficient (Wildman–Crippen LogP) is 3.80. The number of aliphatic hydroxyl groups is 1. The van der Waals surface area contributed by atoms with Crippen molar-refractivity contribution in [3.05, 3.63) is 95.9 Å². The molecule has 3 heterocycles. The molecule has 3 aromatic rings. The summed E-state index contributed by atoms with van der Waals surface area (Å²) in [4.78, 5) is 16.8. The SMILES string of the molecule is N#CC1=C(O)NC(=O)[C@@H]([n+]2ccc(-c3ccncc3)cc2)[C@H]1c1ccccc1C(F)(F)F. The van der Waals surface area contributed by atoms with Crippen molar-refractivity contribution in [1.29, 1.82) is 5.26 Å². The quantitative estimate of drug-likeness (QED) is 0.610. The highest BCUT2D eigenvalue weighted by Crippen LogP contribution is 2.42. The number of halogens is 3. The second kappa shape index (κ2) is 8.15. The molecule has 0 saturated carbocycles. The number of alkyl halides is 3. The average molecular weight is 437 g/mol. The van der Waals surface area contributed by atoms with Gasteiger partial charge in [0.05, 0.1) is 11.5 Å². The van der Waals surface area contributed by atoms with Crippen molar-refractivity contribution >= 4 is 5.91 Å². The van der Waals surface area contributed by atoms with Gasteiger partial charge in [0.2, 0.25) is 11.9 Å². The van der Waals surface area contributed by atoms with Gasteiger partial charge in [0, 0.05) is 24.5 Å². The Morgan fingerprint density at radius 2 is 1.66 bits per heavy atom. The van der Waals surface area contributed by atoms with Gasteiger partial charge in [-0.05, 0) is 34.9 Å². The first-order valence-electron chi connectivity index (χ1n) is 9.52. The van der Waals surface area contributed by atoms with Gasteiger partial charge >= 0.3 is 6.18 Å². The molecule has 32 heavy (non-hydrogen) atoms. The summed E-state index contributed by atoms with van der Waals surface area (Å²) in [7, 11) is 0. The molecule has 0 spiro atoms. The number of nitrogens with one attached hydrogen (secondary N) is 1. The summed E-state index contributed by atoms with van der Waals surface area (Å²) >= 11 is 0. The third-order valence-electron chi connectivity index (χ3n) is 5.30. The summed E-state index contributed by atoms with van der Waals surface area (Å²) in [5.41, 5.74) is 0.0883. The first-order valence-corrected chi connectivity index (χ1v) is 9.52. The van der Waals surface area contributed by atoms with E-state index >= 15 is 0 Å². The Bertz CT molecular complexity index is 1230. The number of carbonyl (C=O) groups is 1. The molecule has 1 amide bonds. The zero-order valence-electron chi connectivity index (χ0n) is 16.4. The number of benzene rings is 1. The minimum Gasteiger partial charge on any atom is -0.494 e.